The van der Waals surface area contributed by atoms with Crippen molar-refractivity contribution in [2.45, 2.75) is 58.1 Å². The van der Waals surface area contributed by atoms with Gasteiger partial charge in [-0.05, 0) is 50.9 Å². The summed E-state index contributed by atoms with van der Waals surface area (Å²) in [6.45, 7) is 8.69. The maximum Gasteiger partial charge on any atom is 0.119 e. The van der Waals surface area contributed by atoms with Crippen molar-refractivity contribution in [1.82, 2.24) is 5.32 Å². The number of benzene rings is 1. The van der Waals surface area contributed by atoms with E-state index < -0.39 is 0 Å². The van der Waals surface area contributed by atoms with Crippen LogP contribution < -0.4 is 10.1 Å². The predicted molar refractivity (Wildman–Crippen MR) is 86.9 cm³/mol. The van der Waals surface area contributed by atoms with Crippen molar-refractivity contribution in [1.29, 1.82) is 0 Å². The van der Waals surface area contributed by atoms with Crippen molar-refractivity contribution >= 4 is 0 Å². The summed E-state index contributed by atoms with van der Waals surface area (Å²) in [6, 6.07) is 8.70. The van der Waals surface area contributed by atoms with E-state index in [1.807, 2.05) is 13.0 Å². The largest absolute Gasteiger partial charge is 0.494 e. The molecule has 1 aromatic rings. The van der Waals surface area contributed by atoms with Gasteiger partial charge in [0.05, 0.1) is 18.2 Å². The van der Waals surface area contributed by atoms with E-state index >= 15 is 0 Å². The van der Waals surface area contributed by atoms with E-state index in [1.165, 1.54) is 18.4 Å². The SMILES string of the molecule is CCNC(c1cccc(OCC)c1)C1(OCC)CCCC1. The number of hydrogen-bond acceptors (Lipinski definition) is 3. The van der Waals surface area contributed by atoms with Crippen molar-refractivity contribution in [3.05, 3.63) is 29.8 Å². The zero-order chi connectivity index (χ0) is 15.1. The molecule has 0 radical (unpaired) electrons. The van der Waals surface area contributed by atoms with Gasteiger partial charge in [0, 0.05) is 6.61 Å². The molecular formula is C18H29NO2. The van der Waals surface area contributed by atoms with Crippen LogP contribution in [0.2, 0.25) is 0 Å². The molecule has 0 saturated heterocycles. The van der Waals surface area contributed by atoms with Gasteiger partial charge in [0.2, 0.25) is 0 Å². The van der Waals surface area contributed by atoms with E-state index in [0.29, 0.717) is 6.61 Å². The van der Waals surface area contributed by atoms with Gasteiger partial charge in [0.1, 0.15) is 5.75 Å². The molecule has 1 fully saturated rings. The minimum atomic E-state index is -0.0599. The highest BCUT2D eigenvalue weighted by atomic mass is 16.5. The molecule has 0 spiro atoms. The lowest BCUT2D eigenvalue weighted by molar-refractivity contribution is -0.0623. The molecule has 0 amide bonds. The van der Waals surface area contributed by atoms with E-state index in [4.69, 9.17) is 9.47 Å². The van der Waals surface area contributed by atoms with Crippen molar-refractivity contribution in [2.24, 2.45) is 0 Å². The van der Waals surface area contributed by atoms with Crippen molar-refractivity contribution in [3.63, 3.8) is 0 Å². The molecular weight excluding hydrogens is 262 g/mol. The van der Waals surface area contributed by atoms with Gasteiger partial charge in [-0.1, -0.05) is 31.9 Å². The zero-order valence-corrected chi connectivity index (χ0v) is 13.7. The number of likely N-dealkylation sites (N-methyl/N-ethyl adjacent to an activating group) is 1. The summed E-state index contributed by atoms with van der Waals surface area (Å²) in [5.41, 5.74) is 1.22. The zero-order valence-electron chi connectivity index (χ0n) is 13.7. The molecule has 1 saturated carbocycles. The van der Waals surface area contributed by atoms with Gasteiger partial charge in [0.25, 0.3) is 0 Å². The lowest BCUT2D eigenvalue weighted by atomic mass is 9.86. The maximum atomic E-state index is 6.26. The molecule has 3 nitrogen and oxygen atoms in total. The second kappa shape index (κ2) is 7.81. The lowest BCUT2D eigenvalue weighted by Crippen LogP contribution is -2.44. The van der Waals surface area contributed by atoms with Crippen LogP contribution in [-0.4, -0.2) is 25.4 Å². The van der Waals surface area contributed by atoms with Crippen LogP contribution in [0.4, 0.5) is 0 Å². The highest BCUT2D eigenvalue weighted by Gasteiger charge is 2.42. The predicted octanol–water partition coefficient (Wildman–Crippen LogP) is 4.09. The van der Waals surface area contributed by atoms with Gasteiger partial charge in [-0.2, -0.15) is 0 Å². The third-order valence-corrected chi connectivity index (χ3v) is 4.32. The Kier molecular flexibility index (Phi) is 6.07. The Morgan fingerprint density at radius 3 is 2.52 bits per heavy atom. The maximum absolute atomic E-state index is 6.26. The molecule has 3 heteroatoms. The van der Waals surface area contributed by atoms with Crippen molar-refractivity contribution in [3.8, 4) is 5.75 Å². The first-order valence-corrected chi connectivity index (χ1v) is 8.35. The third-order valence-electron chi connectivity index (χ3n) is 4.32. The molecule has 0 heterocycles. The standard InChI is InChI=1S/C18H29NO2/c1-4-19-17(18(21-6-3)12-7-8-13-18)15-10-9-11-16(14-15)20-5-2/h9-11,14,17,19H,4-8,12-13H2,1-3H3. The summed E-state index contributed by atoms with van der Waals surface area (Å²) in [5.74, 6) is 0.947. The average molecular weight is 291 g/mol. The fraction of sp³-hybridized carbons (Fsp3) is 0.667. The second-order valence-corrected chi connectivity index (χ2v) is 5.70. The van der Waals surface area contributed by atoms with E-state index in [0.717, 1.165) is 31.7 Å². The number of rotatable bonds is 8. The van der Waals surface area contributed by atoms with Gasteiger partial charge in [0.15, 0.2) is 0 Å². The van der Waals surface area contributed by atoms with Crippen LogP contribution in [0.1, 0.15) is 58.1 Å². The Labute approximate surface area is 129 Å². The second-order valence-electron chi connectivity index (χ2n) is 5.70. The summed E-state index contributed by atoms with van der Waals surface area (Å²) in [7, 11) is 0. The lowest BCUT2D eigenvalue weighted by Gasteiger charge is -2.38. The normalized spacial score (nSPS) is 18.6. The first-order valence-electron chi connectivity index (χ1n) is 8.35. The van der Waals surface area contributed by atoms with Crippen LogP contribution in [0.5, 0.6) is 5.75 Å². The third kappa shape index (κ3) is 3.78. The molecule has 0 aromatic heterocycles. The fourth-order valence-electron chi connectivity index (χ4n) is 3.54. The molecule has 0 aliphatic heterocycles. The Hall–Kier alpha value is -1.06. The number of hydrogen-bond donors (Lipinski definition) is 1. The minimum absolute atomic E-state index is 0.0599. The van der Waals surface area contributed by atoms with Gasteiger partial charge in [-0.25, -0.2) is 0 Å². The van der Waals surface area contributed by atoms with Crippen LogP contribution in [0.25, 0.3) is 0 Å². The molecule has 21 heavy (non-hydrogen) atoms. The van der Waals surface area contributed by atoms with E-state index in [9.17, 15) is 0 Å². The van der Waals surface area contributed by atoms with Crippen molar-refractivity contribution < 1.29 is 9.47 Å². The monoisotopic (exact) mass is 291 g/mol. The van der Waals surface area contributed by atoms with E-state index in [-0.39, 0.29) is 11.6 Å². The molecule has 1 unspecified atom stereocenters. The van der Waals surface area contributed by atoms with Crippen LogP contribution >= 0.6 is 0 Å². The van der Waals surface area contributed by atoms with Gasteiger partial charge >= 0.3 is 0 Å². The summed E-state index contributed by atoms with van der Waals surface area (Å²) in [6.07, 6.45) is 4.79. The Morgan fingerprint density at radius 1 is 1.14 bits per heavy atom. The smallest absolute Gasteiger partial charge is 0.119 e. The van der Waals surface area contributed by atoms with Gasteiger partial charge in [-0.3, -0.25) is 0 Å². The highest BCUT2D eigenvalue weighted by Crippen LogP contribution is 2.43. The topological polar surface area (TPSA) is 30.5 Å². The Morgan fingerprint density at radius 2 is 1.90 bits per heavy atom. The summed E-state index contributed by atoms with van der Waals surface area (Å²) in [5, 5.41) is 3.66. The molecule has 1 aliphatic rings. The van der Waals surface area contributed by atoms with Crippen molar-refractivity contribution in [2.75, 3.05) is 19.8 Å². The molecule has 118 valence electrons. The van der Waals surface area contributed by atoms with Crippen LogP contribution in [0, 0.1) is 0 Å². The highest BCUT2D eigenvalue weighted by molar-refractivity contribution is 5.32. The van der Waals surface area contributed by atoms with Crippen LogP contribution in [0.15, 0.2) is 24.3 Å². The number of nitrogens with one attached hydrogen (secondary N) is 1. The van der Waals surface area contributed by atoms with Gasteiger partial charge < -0.3 is 14.8 Å². The molecule has 1 N–H and O–H groups in total. The molecule has 1 aromatic carbocycles. The Bertz CT molecular complexity index is 427. The quantitative estimate of drug-likeness (QED) is 0.782. The summed E-state index contributed by atoms with van der Waals surface area (Å²) < 4.78 is 11.9. The molecule has 2 rings (SSSR count). The van der Waals surface area contributed by atoms with Crippen LogP contribution in [-0.2, 0) is 4.74 Å². The van der Waals surface area contributed by atoms with Crippen LogP contribution in [0.3, 0.4) is 0 Å². The summed E-state index contributed by atoms with van der Waals surface area (Å²) >= 11 is 0. The first-order chi connectivity index (χ1) is 10.3. The first kappa shape index (κ1) is 16.3. The van der Waals surface area contributed by atoms with E-state index in [1.54, 1.807) is 0 Å². The Balaban J connectivity index is 2.30. The number of ether oxygens (including phenoxy) is 2. The average Bonchev–Trinajstić information content (AvgIpc) is 2.95. The van der Waals surface area contributed by atoms with E-state index in [2.05, 4.69) is 37.4 Å². The molecule has 1 atom stereocenters. The summed E-state index contributed by atoms with van der Waals surface area (Å²) in [4.78, 5) is 0. The minimum Gasteiger partial charge on any atom is -0.494 e. The molecule has 0 bridgehead atoms. The fourth-order valence-corrected chi connectivity index (χ4v) is 3.54. The molecule has 1 aliphatic carbocycles. The van der Waals surface area contributed by atoms with Gasteiger partial charge in [-0.15, -0.1) is 0 Å².